The Labute approximate surface area is 152 Å². The number of aromatic nitrogens is 2. The number of anilines is 1. The SMILES string of the molecule is CCCSNc1ccc(F)c(C(=O)c2c[nH]c3ncc(Cl)cc23)c1F. The third-order valence-corrected chi connectivity index (χ3v) is 4.73. The minimum atomic E-state index is -0.919. The first-order valence-electron chi connectivity index (χ1n) is 7.56. The van der Waals surface area contributed by atoms with E-state index in [1.165, 1.54) is 36.5 Å². The number of pyridine rings is 1. The van der Waals surface area contributed by atoms with Crippen molar-refractivity contribution in [3.8, 4) is 0 Å². The lowest BCUT2D eigenvalue weighted by Crippen LogP contribution is -2.09. The summed E-state index contributed by atoms with van der Waals surface area (Å²) in [5.41, 5.74) is -0.00955. The molecule has 2 aromatic heterocycles. The molecule has 0 spiro atoms. The predicted octanol–water partition coefficient (Wildman–Crippen LogP) is 5.20. The first kappa shape index (κ1) is 17.7. The summed E-state index contributed by atoms with van der Waals surface area (Å²) < 4.78 is 31.7. The van der Waals surface area contributed by atoms with Gasteiger partial charge >= 0.3 is 0 Å². The average Bonchev–Trinajstić information content (AvgIpc) is 3.00. The van der Waals surface area contributed by atoms with Crippen molar-refractivity contribution in [1.29, 1.82) is 0 Å². The van der Waals surface area contributed by atoms with Gasteiger partial charge in [-0.05, 0) is 24.6 Å². The molecule has 0 saturated heterocycles. The highest BCUT2D eigenvalue weighted by atomic mass is 35.5. The molecule has 0 unspecified atom stereocenters. The molecule has 25 heavy (non-hydrogen) atoms. The number of H-pyrrole nitrogens is 1. The molecule has 2 heterocycles. The van der Waals surface area contributed by atoms with Crippen molar-refractivity contribution in [2.24, 2.45) is 0 Å². The number of nitrogens with one attached hydrogen (secondary N) is 2. The summed E-state index contributed by atoms with van der Waals surface area (Å²) in [5, 5.41) is 0.739. The number of fused-ring (bicyclic) bond motifs is 1. The number of nitrogens with zero attached hydrogens (tertiary/aromatic N) is 1. The van der Waals surface area contributed by atoms with Crippen molar-refractivity contribution in [2.75, 3.05) is 10.5 Å². The maximum atomic E-state index is 14.7. The van der Waals surface area contributed by atoms with Gasteiger partial charge in [-0.3, -0.25) is 4.79 Å². The van der Waals surface area contributed by atoms with E-state index >= 15 is 0 Å². The highest BCUT2D eigenvalue weighted by molar-refractivity contribution is 8.00. The summed E-state index contributed by atoms with van der Waals surface area (Å²) >= 11 is 7.20. The predicted molar refractivity (Wildman–Crippen MR) is 97.3 cm³/mol. The van der Waals surface area contributed by atoms with Crippen LogP contribution in [0.1, 0.15) is 29.3 Å². The van der Waals surface area contributed by atoms with E-state index in [9.17, 15) is 13.6 Å². The number of halogens is 3. The van der Waals surface area contributed by atoms with Gasteiger partial charge in [-0.15, -0.1) is 0 Å². The van der Waals surface area contributed by atoms with Crippen LogP contribution in [0.3, 0.4) is 0 Å². The van der Waals surface area contributed by atoms with Gasteiger partial charge in [0.15, 0.2) is 5.82 Å². The molecule has 0 aliphatic carbocycles. The molecule has 3 aromatic rings. The zero-order chi connectivity index (χ0) is 18.0. The zero-order valence-corrected chi connectivity index (χ0v) is 14.8. The van der Waals surface area contributed by atoms with Crippen LogP contribution in [0.2, 0.25) is 5.02 Å². The van der Waals surface area contributed by atoms with E-state index in [1.54, 1.807) is 0 Å². The van der Waals surface area contributed by atoms with Gasteiger partial charge in [-0.2, -0.15) is 0 Å². The summed E-state index contributed by atoms with van der Waals surface area (Å²) in [6.07, 6.45) is 3.70. The van der Waals surface area contributed by atoms with Crippen molar-refractivity contribution in [1.82, 2.24) is 9.97 Å². The first-order valence-corrected chi connectivity index (χ1v) is 8.92. The average molecular weight is 382 g/mol. The summed E-state index contributed by atoms with van der Waals surface area (Å²) in [6, 6.07) is 3.88. The molecular weight excluding hydrogens is 368 g/mol. The van der Waals surface area contributed by atoms with E-state index in [4.69, 9.17) is 11.6 Å². The van der Waals surface area contributed by atoms with Crippen LogP contribution in [0, 0.1) is 11.6 Å². The summed E-state index contributed by atoms with van der Waals surface area (Å²) in [5.74, 6) is -1.85. The molecule has 0 amide bonds. The maximum absolute atomic E-state index is 14.7. The molecule has 0 aliphatic rings. The van der Waals surface area contributed by atoms with Gasteiger partial charge in [-0.1, -0.05) is 30.5 Å². The number of hydrogen-bond acceptors (Lipinski definition) is 4. The molecule has 0 fully saturated rings. The van der Waals surface area contributed by atoms with Crippen molar-refractivity contribution < 1.29 is 13.6 Å². The summed E-state index contributed by atoms with van der Waals surface area (Å²) in [6.45, 7) is 1.99. The second kappa shape index (κ2) is 7.41. The molecule has 130 valence electrons. The van der Waals surface area contributed by atoms with Crippen molar-refractivity contribution in [3.05, 3.63) is 58.4 Å². The first-order chi connectivity index (χ1) is 12.0. The Balaban J connectivity index is 2.03. The van der Waals surface area contributed by atoms with Gasteiger partial charge in [0, 0.05) is 29.1 Å². The van der Waals surface area contributed by atoms with Crippen LogP contribution in [0.25, 0.3) is 11.0 Å². The summed E-state index contributed by atoms with van der Waals surface area (Å²) in [4.78, 5) is 19.6. The Morgan fingerprint density at radius 1 is 1.40 bits per heavy atom. The van der Waals surface area contributed by atoms with Gasteiger partial charge in [-0.25, -0.2) is 13.8 Å². The van der Waals surface area contributed by atoms with Gasteiger partial charge in [0.05, 0.1) is 16.3 Å². The van der Waals surface area contributed by atoms with E-state index < -0.39 is 23.0 Å². The fraction of sp³-hybridized carbons (Fsp3) is 0.176. The van der Waals surface area contributed by atoms with Crippen LogP contribution in [0.4, 0.5) is 14.5 Å². The van der Waals surface area contributed by atoms with Gasteiger partial charge in [0.2, 0.25) is 5.78 Å². The molecule has 0 atom stereocenters. The third-order valence-electron chi connectivity index (χ3n) is 3.55. The highest BCUT2D eigenvalue weighted by Crippen LogP contribution is 2.28. The zero-order valence-electron chi connectivity index (χ0n) is 13.2. The van der Waals surface area contributed by atoms with Crippen LogP contribution >= 0.6 is 23.5 Å². The van der Waals surface area contributed by atoms with Gasteiger partial charge in [0.1, 0.15) is 11.5 Å². The van der Waals surface area contributed by atoms with Crippen LogP contribution < -0.4 is 4.72 Å². The fourth-order valence-electron chi connectivity index (χ4n) is 2.37. The van der Waals surface area contributed by atoms with Gasteiger partial charge < -0.3 is 9.71 Å². The number of hydrogen-bond donors (Lipinski definition) is 2. The largest absolute Gasteiger partial charge is 0.345 e. The molecule has 3 rings (SSSR count). The normalized spacial score (nSPS) is 11.0. The number of aromatic amines is 1. The van der Waals surface area contributed by atoms with Crippen LogP contribution in [-0.2, 0) is 0 Å². The minimum absolute atomic E-state index is 0.0687. The minimum Gasteiger partial charge on any atom is -0.345 e. The second-order valence-corrected chi connectivity index (χ2v) is 6.65. The van der Waals surface area contributed by atoms with Gasteiger partial charge in [0.25, 0.3) is 0 Å². The second-order valence-electron chi connectivity index (χ2n) is 5.32. The Morgan fingerprint density at radius 3 is 2.96 bits per heavy atom. The molecule has 0 bridgehead atoms. The smallest absolute Gasteiger partial charge is 0.201 e. The van der Waals surface area contributed by atoms with Crippen molar-refractivity contribution in [2.45, 2.75) is 13.3 Å². The molecule has 0 aliphatic heterocycles. The Bertz CT molecular complexity index is 945. The number of carbonyl (C=O) groups is 1. The lowest BCUT2D eigenvalue weighted by molar-refractivity contribution is 0.103. The third kappa shape index (κ3) is 3.48. The lowest BCUT2D eigenvalue weighted by Gasteiger charge is -2.10. The molecule has 0 radical (unpaired) electrons. The van der Waals surface area contributed by atoms with E-state index in [1.807, 2.05) is 6.92 Å². The fourth-order valence-corrected chi connectivity index (χ4v) is 3.15. The topological polar surface area (TPSA) is 57.8 Å². The lowest BCUT2D eigenvalue weighted by atomic mass is 10.0. The number of ketones is 1. The number of benzene rings is 1. The van der Waals surface area contributed by atoms with Crippen molar-refractivity contribution in [3.63, 3.8) is 0 Å². The maximum Gasteiger partial charge on any atom is 0.201 e. The van der Waals surface area contributed by atoms with E-state index in [0.29, 0.717) is 16.1 Å². The van der Waals surface area contributed by atoms with Crippen LogP contribution in [0.15, 0.2) is 30.6 Å². The van der Waals surface area contributed by atoms with Crippen LogP contribution in [0.5, 0.6) is 0 Å². The summed E-state index contributed by atoms with van der Waals surface area (Å²) in [7, 11) is 0. The molecular formula is C17H14ClF2N3OS. The molecule has 2 N–H and O–H groups in total. The molecule has 8 heteroatoms. The Morgan fingerprint density at radius 2 is 2.20 bits per heavy atom. The van der Waals surface area contributed by atoms with E-state index in [0.717, 1.165) is 18.2 Å². The molecule has 4 nitrogen and oxygen atoms in total. The molecule has 0 saturated carbocycles. The Kier molecular flexibility index (Phi) is 5.24. The standard InChI is InChI=1S/C17H14ClF2N3OS/c1-2-5-25-23-13-4-3-12(19)14(15(13)20)16(24)11-8-22-17-10(11)6-9(18)7-21-17/h3-4,6-8,23H,2,5H2,1H3,(H,21,22). The molecule has 1 aromatic carbocycles. The van der Waals surface area contributed by atoms with Crippen molar-refractivity contribution >= 4 is 46.1 Å². The van der Waals surface area contributed by atoms with Crippen LogP contribution in [-0.4, -0.2) is 21.5 Å². The highest BCUT2D eigenvalue weighted by Gasteiger charge is 2.24. The Hall–Kier alpha value is -2.12. The quantitative estimate of drug-likeness (QED) is 0.350. The van der Waals surface area contributed by atoms with E-state index in [-0.39, 0.29) is 11.3 Å². The number of rotatable bonds is 6. The van der Waals surface area contributed by atoms with E-state index in [2.05, 4.69) is 14.7 Å². The monoisotopic (exact) mass is 381 g/mol. The number of carbonyl (C=O) groups excluding carboxylic acids is 1.